The van der Waals surface area contributed by atoms with Crippen LogP contribution in [-0.4, -0.2) is 20.7 Å². The summed E-state index contributed by atoms with van der Waals surface area (Å²) in [7, 11) is 0. The molecule has 0 atom stereocenters. The van der Waals surface area contributed by atoms with Crippen LogP contribution in [-0.2, 0) is 11.3 Å². The molecule has 0 N–H and O–H groups in total. The summed E-state index contributed by atoms with van der Waals surface area (Å²) in [6.07, 6.45) is 0. The molecule has 2 aromatic carbocycles. The van der Waals surface area contributed by atoms with E-state index in [9.17, 15) is 35.1 Å². The van der Waals surface area contributed by atoms with Crippen LogP contribution in [0.15, 0.2) is 36.4 Å². The first kappa shape index (κ1) is 18.4. The minimum absolute atomic E-state index is 0.0790. The monoisotopic (exact) mass is 361 g/mol. The number of ether oxygens (including phenoxy) is 1. The van der Waals surface area contributed by atoms with Crippen LogP contribution in [0.4, 0.5) is 17.1 Å². The number of rotatable bonds is 6. The predicted molar refractivity (Wildman–Crippen MR) is 86.7 cm³/mol. The number of carbonyl (C=O) groups excluding carboxylic acids is 1. The van der Waals surface area contributed by atoms with Gasteiger partial charge in [-0.1, -0.05) is 12.1 Å². The van der Waals surface area contributed by atoms with Crippen molar-refractivity contribution in [3.8, 4) is 0 Å². The van der Waals surface area contributed by atoms with E-state index >= 15 is 0 Å². The molecule has 0 heterocycles. The summed E-state index contributed by atoms with van der Waals surface area (Å²) in [4.78, 5) is 42.6. The molecule has 0 saturated heterocycles. The van der Waals surface area contributed by atoms with Crippen LogP contribution < -0.4 is 0 Å². The molecule has 11 nitrogen and oxygen atoms in total. The van der Waals surface area contributed by atoms with Crippen molar-refractivity contribution >= 4 is 23.0 Å². The summed E-state index contributed by atoms with van der Waals surface area (Å²) in [5, 5.41) is 32.7. The molecule has 0 spiro atoms. The highest BCUT2D eigenvalue weighted by molar-refractivity contribution is 5.93. The summed E-state index contributed by atoms with van der Waals surface area (Å²) >= 11 is 0. The molecule has 26 heavy (non-hydrogen) atoms. The third-order valence-electron chi connectivity index (χ3n) is 3.48. The van der Waals surface area contributed by atoms with Gasteiger partial charge in [-0.15, -0.1) is 0 Å². The van der Waals surface area contributed by atoms with Gasteiger partial charge in [-0.2, -0.15) is 0 Å². The maximum atomic E-state index is 12.2. The number of benzene rings is 2. The number of nitro benzene ring substituents is 3. The molecule has 0 amide bonds. The first-order valence-corrected chi connectivity index (χ1v) is 7.04. The number of carbonyl (C=O) groups is 1. The Morgan fingerprint density at radius 2 is 1.62 bits per heavy atom. The highest BCUT2D eigenvalue weighted by Crippen LogP contribution is 2.28. The fourth-order valence-electron chi connectivity index (χ4n) is 2.18. The second kappa shape index (κ2) is 7.34. The van der Waals surface area contributed by atoms with Crippen molar-refractivity contribution in [2.75, 3.05) is 0 Å². The summed E-state index contributed by atoms with van der Waals surface area (Å²) in [6, 6.07) is 7.01. The SMILES string of the molecule is Cc1c(C(=O)OCc2cccc([N+](=O)[O-])c2)cc([N+](=O)[O-])cc1[N+](=O)[O-]. The standard InChI is InChI=1S/C15H11N3O8/c1-9-13(6-12(17(22)23)7-14(9)18(24)25)15(19)26-8-10-3-2-4-11(5-10)16(20)21/h2-7H,8H2,1H3. The summed E-state index contributed by atoms with van der Waals surface area (Å²) < 4.78 is 4.99. The lowest BCUT2D eigenvalue weighted by Gasteiger charge is -2.08. The summed E-state index contributed by atoms with van der Waals surface area (Å²) in [5.74, 6) is -1.01. The van der Waals surface area contributed by atoms with E-state index in [1.807, 2.05) is 0 Å². The van der Waals surface area contributed by atoms with Crippen molar-refractivity contribution in [3.63, 3.8) is 0 Å². The molecule has 2 aromatic rings. The summed E-state index contributed by atoms with van der Waals surface area (Å²) in [5.41, 5.74) is -1.47. The molecular formula is C15H11N3O8. The van der Waals surface area contributed by atoms with Crippen LogP contribution in [0.2, 0.25) is 0 Å². The Kier molecular flexibility index (Phi) is 5.21. The van der Waals surface area contributed by atoms with E-state index in [1.54, 1.807) is 0 Å². The highest BCUT2D eigenvalue weighted by atomic mass is 16.6. The van der Waals surface area contributed by atoms with Crippen molar-refractivity contribution in [2.45, 2.75) is 13.5 Å². The Hall–Kier alpha value is -3.89. The predicted octanol–water partition coefficient (Wildman–Crippen LogP) is 3.08. The molecule has 0 bridgehead atoms. The van der Waals surface area contributed by atoms with Crippen molar-refractivity contribution in [3.05, 3.63) is 83.4 Å². The van der Waals surface area contributed by atoms with E-state index < -0.39 is 32.1 Å². The molecule has 2 rings (SSSR count). The molecule has 0 aliphatic carbocycles. The van der Waals surface area contributed by atoms with Gasteiger partial charge in [0.25, 0.3) is 17.1 Å². The second-order valence-corrected chi connectivity index (χ2v) is 5.15. The molecule has 0 aliphatic heterocycles. The topological polar surface area (TPSA) is 156 Å². The zero-order valence-electron chi connectivity index (χ0n) is 13.3. The molecule has 0 unspecified atom stereocenters. The Morgan fingerprint density at radius 1 is 0.962 bits per heavy atom. The number of hydrogen-bond acceptors (Lipinski definition) is 8. The van der Waals surface area contributed by atoms with Gasteiger partial charge in [0.2, 0.25) is 0 Å². The van der Waals surface area contributed by atoms with Crippen LogP contribution in [0.1, 0.15) is 21.5 Å². The highest BCUT2D eigenvalue weighted by Gasteiger charge is 2.25. The average molecular weight is 361 g/mol. The average Bonchev–Trinajstić information content (AvgIpc) is 2.59. The van der Waals surface area contributed by atoms with E-state index in [0.29, 0.717) is 5.56 Å². The Labute approximate surface area is 145 Å². The van der Waals surface area contributed by atoms with Crippen molar-refractivity contribution < 1.29 is 24.3 Å². The largest absolute Gasteiger partial charge is 0.457 e. The number of non-ortho nitro benzene ring substituents is 2. The lowest BCUT2D eigenvalue weighted by atomic mass is 10.1. The maximum Gasteiger partial charge on any atom is 0.339 e. The third kappa shape index (κ3) is 3.95. The van der Waals surface area contributed by atoms with E-state index in [2.05, 4.69) is 0 Å². The van der Waals surface area contributed by atoms with Gasteiger partial charge in [0, 0.05) is 23.8 Å². The molecule has 0 aromatic heterocycles. The van der Waals surface area contributed by atoms with Crippen LogP contribution in [0, 0.1) is 37.3 Å². The van der Waals surface area contributed by atoms with Gasteiger partial charge in [0.1, 0.15) is 6.61 Å². The number of nitro groups is 3. The molecule has 11 heteroatoms. The molecule has 0 radical (unpaired) electrons. The Balaban J connectivity index is 2.29. The van der Waals surface area contributed by atoms with Gasteiger partial charge in [-0.25, -0.2) is 4.79 Å². The first-order valence-electron chi connectivity index (χ1n) is 7.04. The normalized spacial score (nSPS) is 10.2. The maximum absolute atomic E-state index is 12.2. The van der Waals surface area contributed by atoms with Crippen LogP contribution in [0.25, 0.3) is 0 Å². The lowest BCUT2D eigenvalue weighted by molar-refractivity contribution is -0.394. The fraction of sp³-hybridized carbons (Fsp3) is 0.133. The fourth-order valence-corrected chi connectivity index (χ4v) is 2.18. The molecule has 0 fully saturated rings. The van der Waals surface area contributed by atoms with Gasteiger partial charge < -0.3 is 4.74 Å². The minimum Gasteiger partial charge on any atom is -0.457 e. The zero-order valence-corrected chi connectivity index (χ0v) is 13.3. The van der Waals surface area contributed by atoms with E-state index in [4.69, 9.17) is 4.74 Å². The van der Waals surface area contributed by atoms with Crippen molar-refractivity contribution in [1.29, 1.82) is 0 Å². The van der Waals surface area contributed by atoms with E-state index in [-0.39, 0.29) is 23.4 Å². The number of esters is 1. The van der Waals surface area contributed by atoms with Crippen molar-refractivity contribution in [1.82, 2.24) is 0 Å². The van der Waals surface area contributed by atoms with Crippen LogP contribution >= 0.6 is 0 Å². The number of hydrogen-bond donors (Lipinski definition) is 0. The molecule has 134 valence electrons. The van der Waals surface area contributed by atoms with Crippen molar-refractivity contribution in [2.24, 2.45) is 0 Å². The first-order chi connectivity index (χ1) is 12.2. The summed E-state index contributed by atoms with van der Waals surface area (Å²) in [6.45, 7) is 0.933. The van der Waals surface area contributed by atoms with Crippen LogP contribution in [0.3, 0.4) is 0 Å². The third-order valence-corrected chi connectivity index (χ3v) is 3.48. The van der Waals surface area contributed by atoms with E-state index in [0.717, 1.165) is 12.1 Å². The lowest BCUT2D eigenvalue weighted by Crippen LogP contribution is -2.09. The second-order valence-electron chi connectivity index (χ2n) is 5.15. The molecule has 0 saturated carbocycles. The Morgan fingerprint density at radius 3 is 2.19 bits per heavy atom. The van der Waals surface area contributed by atoms with Gasteiger partial charge in [-0.05, 0) is 12.5 Å². The van der Waals surface area contributed by atoms with Gasteiger partial charge >= 0.3 is 5.97 Å². The van der Waals surface area contributed by atoms with Gasteiger partial charge in [0.15, 0.2) is 0 Å². The molecular weight excluding hydrogens is 350 g/mol. The zero-order chi connectivity index (χ0) is 19.4. The van der Waals surface area contributed by atoms with Gasteiger partial charge in [-0.3, -0.25) is 30.3 Å². The Bertz CT molecular complexity index is 925. The molecule has 0 aliphatic rings. The van der Waals surface area contributed by atoms with E-state index in [1.165, 1.54) is 31.2 Å². The van der Waals surface area contributed by atoms with Gasteiger partial charge in [0.05, 0.1) is 26.4 Å². The number of nitrogens with zero attached hydrogens (tertiary/aromatic N) is 3. The quantitative estimate of drug-likeness (QED) is 0.431. The minimum atomic E-state index is -1.01. The smallest absolute Gasteiger partial charge is 0.339 e. The van der Waals surface area contributed by atoms with Crippen LogP contribution in [0.5, 0.6) is 0 Å².